The number of aryl methyl sites for hydroxylation is 1. The van der Waals surface area contributed by atoms with E-state index in [1.54, 1.807) is 18.8 Å². The third-order valence-corrected chi connectivity index (χ3v) is 2.29. The summed E-state index contributed by atoms with van der Waals surface area (Å²) in [6, 6.07) is 5.79. The Bertz CT molecular complexity index is 518. The van der Waals surface area contributed by atoms with Gasteiger partial charge in [0.1, 0.15) is 16.8 Å². The summed E-state index contributed by atoms with van der Waals surface area (Å²) < 4.78 is 0. The van der Waals surface area contributed by atoms with E-state index in [4.69, 9.17) is 0 Å². The fourth-order valence-corrected chi connectivity index (χ4v) is 1.52. The van der Waals surface area contributed by atoms with Gasteiger partial charge in [0.25, 0.3) is 0 Å². The summed E-state index contributed by atoms with van der Waals surface area (Å²) in [5, 5.41) is 11.6. The number of ketones is 1. The smallest absolute Gasteiger partial charge is 0.131 e. The van der Waals surface area contributed by atoms with E-state index in [2.05, 4.69) is 15.5 Å². The summed E-state index contributed by atoms with van der Waals surface area (Å²) in [5.74, 6) is 0.188. The second-order valence-electron chi connectivity index (χ2n) is 3.77. The first-order chi connectivity index (χ1) is 7.65. The molecule has 0 atom stereocenters. The van der Waals surface area contributed by atoms with Crippen molar-refractivity contribution >= 4 is 22.5 Å². The van der Waals surface area contributed by atoms with Gasteiger partial charge in [-0.25, -0.2) is 0 Å². The van der Waals surface area contributed by atoms with Crippen molar-refractivity contribution in [3.63, 3.8) is 0 Å². The molecule has 0 bridgehead atoms. The van der Waals surface area contributed by atoms with Crippen LogP contribution in [0, 0.1) is 0 Å². The van der Waals surface area contributed by atoms with E-state index in [1.165, 1.54) is 0 Å². The number of benzene rings is 1. The first-order valence-electron chi connectivity index (χ1n) is 5.19. The topological polar surface area (TPSA) is 59.8 Å². The highest BCUT2D eigenvalue weighted by molar-refractivity contribution is 5.78. The quantitative estimate of drug-likeness (QED) is 0.841. The zero-order valence-electron chi connectivity index (χ0n) is 9.40. The van der Waals surface area contributed by atoms with Crippen LogP contribution in [-0.4, -0.2) is 27.3 Å². The average Bonchev–Trinajstić information content (AvgIpc) is 2.56. The van der Waals surface area contributed by atoms with Gasteiger partial charge in [0.15, 0.2) is 0 Å². The van der Waals surface area contributed by atoms with Gasteiger partial charge in [-0.2, -0.15) is 15.0 Å². The summed E-state index contributed by atoms with van der Waals surface area (Å²) >= 11 is 0. The maximum atomic E-state index is 10.8. The number of carbonyl (C=O) groups excluding carboxylic acids is 1. The number of hydrogen-bond acceptors (Lipinski definition) is 4. The second-order valence-corrected chi connectivity index (χ2v) is 3.77. The van der Waals surface area contributed by atoms with Gasteiger partial charge < -0.3 is 5.32 Å². The summed E-state index contributed by atoms with van der Waals surface area (Å²) in [4.78, 5) is 12.3. The first-order valence-corrected chi connectivity index (χ1v) is 5.19. The number of hydrogen-bond donors (Lipinski definition) is 1. The van der Waals surface area contributed by atoms with Gasteiger partial charge >= 0.3 is 0 Å². The largest absolute Gasteiger partial charge is 0.385 e. The van der Waals surface area contributed by atoms with Crippen LogP contribution in [-0.2, 0) is 11.8 Å². The molecule has 16 heavy (non-hydrogen) atoms. The monoisotopic (exact) mass is 218 g/mol. The molecule has 0 spiro atoms. The van der Waals surface area contributed by atoms with Crippen molar-refractivity contribution < 1.29 is 4.79 Å². The first kappa shape index (κ1) is 10.6. The van der Waals surface area contributed by atoms with E-state index >= 15 is 0 Å². The minimum atomic E-state index is 0.188. The summed E-state index contributed by atoms with van der Waals surface area (Å²) in [7, 11) is 1.79. The third kappa shape index (κ3) is 2.36. The molecular weight excluding hydrogens is 204 g/mol. The molecule has 1 heterocycles. The predicted octanol–water partition coefficient (Wildman–Crippen LogP) is 1.36. The number of anilines is 1. The highest BCUT2D eigenvalue weighted by atomic mass is 16.1. The Morgan fingerprint density at radius 1 is 1.38 bits per heavy atom. The zero-order chi connectivity index (χ0) is 11.5. The van der Waals surface area contributed by atoms with Crippen LogP contribution in [0.4, 0.5) is 5.69 Å². The number of rotatable bonds is 4. The second kappa shape index (κ2) is 4.30. The standard InChI is InChI=1S/C11H14N4O/c1-8(16)5-6-12-9-3-4-10-11(7-9)14-15(2)13-10/h3-4,7,12H,5-6H2,1-2H3. The van der Waals surface area contributed by atoms with Crippen molar-refractivity contribution in [1.29, 1.82) is 0 Å². The fraction of sp³-hybridized carbons (Fsp3) is 0.364. The Morgan fingerprint density at radius 2 is 2.12 bits per heavy atom. The fourth-order valence-electron chi connectivity index (χ4n) is 1.52. The van der Waals surface area contributed by atoms with Crippen molar-refractivity contribution in [3.8, 4) is 0 Å². The lowest BCUT2D eigenvalue weighted by atomic mass is 10.2. The van der Waals surface area contributed by atoms with Crippen LogP contribution in [0.15, 0.2) is 18.2 Å². The van der Waals surface area contributed by atoms with E-state index in [9.17, 15) is 4.79 Å². The number of Topliss-reactive ketones (excluding diaryl/α,β-unsaturated/α-hetero) is 1. The van der Waals surface area contributed by atoms with E-state index in [0.717, 1.165) is 16.7 Å². The molecule has 5 nitrogen and oxygen atoms in total. The molecule has 2 rings (SSSR count). The van der Waals surface area contributed by atoms with E-state index < -0.39 is 0 Å². The van der Waals surface area contributed by atoms with E-state index in [0.29, 0.717) is 13.0 Å². The van der Waals surface area contributed by atoms with Gasteiger partial charge in [0.2, 0.25) is 0 Å². The number of carbonyl (C=O) groups is 1. The molecule has 0 radical (unpaired) electrons. The van der Waals surface area contributed by atoms with Crippen LogP contribution in [0.3, 0.4) is 0 Å². The highest BCUT2D eigenvalue weighted by Crippen LogP contribution is 2.15. The van der Waals surface area contributed by atoms with Gasteiger partial charge in [0.05, 0.1) is 0 Å². The maximum absolute atomic E-state index is 10.8. The van der Waals surface area contributed by atoms with E-state index in [-0.39, 0.29) is 5.78 Å². The molecule has 0 fully saturated rings. The molecule has 0 aliphatic carbocycles. The van der Waals surface area contributed by atoms with Crippen molar-refractivity contribution in [2.45, 2.75) is 13.3 Å². The molecule has 0 saturated heterocycles. The molecule has 2 aromatic rings. The van der Waals surface area contributed by atoms with Crippen LogP contribution >= 0.6 is 0 Å². The zero-order valence-corrected chi connectivity index (χ0v) is 9.40. The van der Waals surface area contributed by atoms with Gasteiger partial charge in [-0.1, -0.05) is 0 Å². The molecule has 0 aliphatic rings. The molecule has 0 saturated carbocycles. The maximum Gasteiger partial charge on any atom is 0.131 e. The van der Waals surface area contributed by atoms with Crippen LogP contribution < -0.4 is 5.32 Å². The summed E-state index contributed by atoms with van der Waals surface area (Å²) in [5.41, 5.74) is 2.70. The van der Waals surface area contributed by atoms with Crippen LogP contribution in [0.2, 0.25) is 0 Å². The Morgan fingerprint density at radius 3 is 2.88 bits per heavy atom. The van der Waals surface area contributed by atoms with Crippen molar-refractivity contribution in [2.24, 2.45) is 7.05 Å². The Hall–Kier alpha value is -1.91. The minimum absolute atomic E-state index is 0.188. The molecule has 1 N–H and O–H groups in total. The lowest BCUT2D eigenvalue weighted by molar-refractivity contribution is -0.116. The number of nitrogens with zero attached hydrogens (tertiary/aromatic N) is 3. The van der Waals surface area contributed by atoms with Crippen LogP contribution in [0.25, 0.3) is 11.0 Å². The number of aromatic nitrogens is 3. The lowest BCUT2D eigenvalue weighted by Gasteiger charge is -2.03. The molecule has 0 amide bonds. The Labute approximate surface area is 93.4 Å². The minimum Gasteiger partial charge on any atom is -0.385 e. The molecule has 84 valence electrons. The Kier molecular flexibility index (Phi) is 2.85. The number of nitrogens with one attached hydrogen (secondary N) is 1. The lowest BCUT2D eigenvalue weighted by Crippen LogP contribution is -2.05. The SMILES string of the molecule is CC(=O)CCNc1ccc2nn(C)nc2c1. The van der Waals surface area contributed by atoms with E-state index in [1.807, 2.05) is 18.2 Å². The molecule has 5 heteroatoms. The predicted molar refractivity (Wildman–Crippen MR) is 62.3 cm³/mol. The van der Waals surface area contributed by atoms with Gasteiger partial charge in [0, 0.05) is 25.7 Å². The van der Waals surface area contributed by atoms with Crippen LogP contribution in [0.1, 0.15) is 13.3 Å². The molecule has 0 unspecified atom stereocenters. The Balaban J connectivity index is 2.10. The molecular formula is C11H14N4O. The van der Waals surface area contributed by atoms with Gasteiger partial charge in [-0.05, 0) is 25.1 Å². The summed E-state index contributed by atoms with van der Waals surface area (Å²) in [6.45, 7) is 2.24. The van der Waals surface area contributed by atoms with Crippen molar-refractivity contribution in [3.05, 3.63) is 18.2 Å². The van der Waals surface area contributed by atoms with Crippen LogP contribution in [0.5, 0.6) is 0 Å². The summed E-state index contributed by atoms with van der Waals surface area (Å²) in [6.07, 6.45) is 0.540. The molecule has 1 aromatic carbocycles. The third-order valence-electron chi connectivity index (χ3n) is 2.29. The highest BCUT2D eigenvalue weighted by Gasteiger charge is 2.01. The van der Waals surface area contributed by atoms with Gasteiger partial charge in [-0.15, -0.1) is 0 Å². The molecule has 0 aliphatic heterocycles. The van der Waals surface area contributed by atoms with Crippen molar-refractivity contribution in [2.75, 3.05) is 11.9 Å². The van der Waals surface area contributed by atoms with Gasteiger partial charge in [-0.3, -0.25) is 4.79 Å². The van der Waals surface area contributed by atoms with Crippen molar-refractivity contribution in [1.82, 2.24) is 15.0 Å². The normalized spacial score (nSPS) is 10.6. The average molecular weight is 218 g/mol. The number of fused-ring (bicyclic) bond motifs is 1. The molecule has 1 aromatic heterocycles.